The monoisotopic (exact) mass is 412 g/mol. The molecule has 1 fully saturated rings. The molecule has 0 aromatic heterocycles. The van der Waals surface area contributed by atoms with E-state index in [1.54, 1.807) is 20.8 Å². The molecular formula is C20H31ClN3O4+. The van der Waals surface area contributed by atoms with Crippen LogP contribution in [0, 0.1) is 0 Å². The first-order valence-corrected chi connectivity index (χ1v) is 10.1. The van der Waals surface area contributed by atoms with Crippen LogP contribution in [0.25, 0.3) is 0 Å². The maximum Gasteiger partial charge on any atom is 0.407 e. The first-order valence-electron chi connectivity index (χ1n) is 9.69. The molecule has 1 aromatic carbocycles. The average molecular weight is 413 g/mol. The summed E-state index contributed by atoms with van der Waals surface area (Å²) in [6.45, 7) is 10.5. The molecule has 0 aliphatic carbocycles. The molecule has 1 heterocycles. The van der Waals surface area contributed by atoms with Gasteiger partial charge in [0.2, 0.25) is 5.91 Å². The van der Waals surface area contributed by atoms with Crippen molar-refractivity contribution in [2.45, 2.75) is 32.8 Å². The molecule has 1 aromatic rings. The fourth-order valence-electron chi connectivity index (χ4n) is 2.91. The van der Waals surface area contributed by atoms with Gasteiger partial charge in [-0.25, -0.2) is 4.79 Å². The van der Waals surface area contributed by atoms with E-state index in [2.05, 4.69) is 5.32 Å². The number of piperazine rings is 1. The Morgan fingerprint density at radius 3 is 2.43 bits per heavy atom. The fourth-order valence-corrected chi connectivity index (χ4v) is 3.04. The minimum Gasteiger partial charge on any atom is -0.488 e. The Bertz CT molecular complexity index is 638. The summed E-state index contributed by atoms with van der Waals surface area (Å²) in [4.78, 5) is 27.2. The second kappa shape index (κ2) is 10.5. The van der Waals surface area contributed by atoms with E-state index in [4.69, 9.17) is 21.1 Å². The van der Waals surface area contributed by atoms with Gasteiger partial charge in [0.05, 0.1) is 26.2 Å². The second-order valence-electron chi connectivity index (χ2n) is 7.86. The van der Waals surface area contributed by atoms with E-state index < -0.39 is 11.7 Å². The number of amides is 2. The number of nitrogens with zero attached hydrogens (tertiary/aromatic N) is 1. The largest absolute Gasteiger partial charge is 0.488 e. The zero-order valence-electron chi connectivity index (χ0n) is 16.9. The predicted molar refractivity (Wildman–Crippen MR) is 108 cm³/mol. The number of hydrogen-bond donors (Lipinski definition) is 2. The van der Waals surface area contributed by atoms with Crippen LogP contribution in [-0.2, 0) is 9.53 Å². The molecular weight excluding hydrogens is 382 g/mol. The lowest BCUT2D eigenvalue weighted by molar-refractivity contribution is -0.904. The van der Waals surface area contributed by atoms with E-state index in [0.29, 0.717) is 11.6 Å². The predicted octanol–water partition coefficient (Wildman–Crippen LogP) is 1.36. The molecule has 0 unspecified atom stereocenters. The fraction of sp³-hybridized carbons (Fsp3) is 0.600. The average Bonchev–Trinajstić information content (AvgIpc) is 2.62. The standard InChI is InChI=1S/C20H30ClN3O4/c1-20(2,3)28-19(26)22-9-8-18(25)24-12-10-23(11-13-24)14-15-27-17-6-4-16(21)5-7-17/h4-7H,8-15H2,1-3H3,(H,22,26)/p+1. The van der Waals surface area contributed by atoms with Gasteiger partial charge in [-0.2, -0.15) is 0 Å². The van der Waals surface area contributed by atoms with Crippen molar-refractivity contribution in [1.29, 1.82) is 0 Å². The third-order valence-electron chi connectivity index (χ3n) is 4.37. The topological polar surface area (TPSA) is 72.3 Å². The van der Waals surface area contributed by atoms with Crippen LogP contribution in [-0.4, -0.2) is 68.4 Å². The first kappa shape index (κ1) is 22.3. The number of rotatable bonds is 7. The zero-order valence-corrected chi connectivity index (χ0v) is 17.7. The number of alkyl carbamates (subject to hydrolysis) is 1. The van der Waals surface area contributed by atoms with Crippen molar-refractivity contribution < 1.29 is 24.0 Å². The van der Waals surface area contributed by atoms with Crippen molar-refractivity contribution in [3.63, 3.8) is 0 Å². The molecule has 0 saturated carbocycles. The Morgan fingerprint density at radius 1 is 1.18 bits per heavy atom. The van der Waals surface area contributed by atoms with E-state index in [1.807, 2.05) is 29.2 Å². The highest BCUT2D eigenvalue weighted by atomic mass is 35.5. The van der Waals surface area contributed by atoms with Crippen molar-refractivity contribution >= 4 is 23.6 Å². The number of benzene rings is 1. The minimum atomic E-state index is -0.537. The maximum atomic E-state index is 12.3. The van der Waals surface area contributed by atoms with E-state index >= 15 is 0 Å². The number of carbonyl (C=O) groups excluding carboxylic acids is 2. The van der Waals surface area contributed by atoms with Gasteiger partial charge < -0.3 is 24.6 Å². The first-order chi connectivity index (χ1) is 13.2. The molecule has 156 valence electrons. The summed E-state index contributed by atoms with van der Waals surface area (Å²) >= 11 is 5.86. The molecule has 1 aliphatic rings. The number of ether oxygens (including phenoxy) is 2. The number of halogens is 1. The molecule has 28 heavy (non-hydrogen) atoms. The van der Waals surface area contributed by atoms with E-state index in [0.717, 1.165) is 38.5 Å². The molecule has 0 spiro atoms. The molecule has 2 amide bonds. The van der Waals surface area contributed by atoms with E-state index in [-0.39, 0.29) is 18.9 Å². The van der Waals surface area contributed by atoms with Crippen LogP contribution >= 0.6 is 11.6 Å². The van der Waals surface area contributed by atoms with Gasteiger partial charge in [-0.05, 0) is 45.0 Å². The second-order valence-corrected chi connectivity index (χ2v) is 8.30. The summed E-state index contributed by atoms with van der Waals surface area (Å²) in [5.74, 6) is 0.877. The van der Waals surface area contributed by atoms with Crippen LogP contribution in [0.1, 0.15) is 27.2 Å². The van der Waals surface area contributed by atoms with Crippen molar-refractivity contribution in [2.24, 2.45) is 0 Å². The van der Waals surface area contributed by atoms with Gasteiger partial charge in [0, 0.05) is 18.0 Å². The van der Waals surface area contributed by atoms with Gasteiger partial charge in [-0.3, -0.25) is 4.79 Å². The number of carbonyl (C=O) groups is 2. The molecule has 8 heteroatoms. The summed E-state index contributed by atoms with van der Waals surface area (Å²) in [6.07, 6.45) is -0.205. The SMILES string of the molecule is CC(C)(C)OC(=O)NCCC(=O)N1CC[NH+](CCOc2ccc(Cl)cc2)CC1. The zero-order chi connectivity index (χ0) is 20.6. The van der Waals surface area contributed by atoms with Crippen LogP contribution in [0.2, 0.25) is 5.02 Å². The summed E-state index contributed by atoms with van der Waals surface area (Å²) in [5.41, 5.74) is -0.537. The Labute approximate surface area is 171 Å². The van der Waals surface area contributed by atoms with E-state index in [1.165, 1.54) is 4.90 Å². The minimum absolute atomic E-state index is 0.0625. The van der Waals surface area contributed by atoms with Crippen LogP contribution in [0.3, 0.4) is 0 Å². The number of nitrogens with one attached hydrogen (secondary N) is 2. The lowest BCUT2D eigenvalue weighted by Gasteiger charge is -2.32. The Morgan fingerprint density at radius 2 is 1.82 bits per heavy atom. The summed E-state index contributed by atoms with van der Waals surface area (Å²) in [5, 5.41) is 3.32. The lowest BCUT2D eigenvalue weighted by Crippen LogP contribution is -3.15. The highest BCUT2D eigenvalue weighted by molar-refractivity contribution is 6.30. The van der Waals surface area contributed by atoms with Crippen LogP contribution < -0.4 is 15.0 Å². The summed E-state index contributed by atoms with van der Waals surface area (Å²) in [6, 6.07) is 7.34. The summed E-state index contributed by atoms with van der Waals surface area (Å²) < 4.78 is 10.9. The molecule has 2 rings (SSSR count). The van der Waals surface area contributed by atoms with E-state index in [9.17, 15) is 9.59 Å². The molecule has 1 aliphatic heterocycles. The molecule has 1 saturated heterocycles. The Balaban J connectivity index is 1.58. The number of quaternary nitrogens is 1. The quantitative estimate of drug-likeness (QED) is 0.709. The third-order valence-corrected chi connectivity index (χ3v) is 4.62. The molecule has 0 bridgehead atoms. The van der Waals surface area contributed by atoms with Crippen molar-refractivity contribution in [1.82, 2.24) is 10.2 Å². The van der Waals surface area contributed by atoms with Crippen LogP contribution in [0.4, 0.5) is 4.79 Å². The van der Waals surface area contributed by atoms with Gasteiger partial charge in [0.25, 0.3) is 0 Å². The van der Waals surface area contributed by atoms with Crippen LogP contribution in [0.15, 0.2) is 24.3 Å². The smallest absolute Gasteiger partial charge is 0.407 e. The van der Waals surface area contributed by atoms with Gasteiger partial charge in [0.1, 0.15) is 24.5 Å². The van der Waals surface area contributed by atoms with Gasteiger partial charge in [-0.1, -0.05) is 11.6 Å². The molecule has 0 atom stereocenters. The third kappa shape index (κ3) is 8.35. The molecule has 0 radical (unpaired) electrons. The van der Waals surface area contributed by atoms with Gasteiger partial charge in [0.15, 0.2) is 0 Å². The van der Waals surface area contributed by atoms with Crippen molar-refractivity contribution in [3.05, 3.63) is 29.3 Å². The molecule has 7 nitrogen and oxygen atoms in total. The summed E-state index contributed by atoms with van der Waals surface area (Å²) in [7, 11) is 0. The van der Waals surface area contributed by atoms with Crippen LogP contribution in [0.5, 0.6) is 5.75 Å². The van der Waals surface area contributed by atoms with Gasteiger partial charge in [-0.15, -0.1) is 0 Å². The van der Waals surface area contributed by atoms with Crippen molar-refractivity contribution in [3.8, 4) is 5.75 Å². The van der Waals surface area contributed by atoms with Crippen molar-refractivity contribution in [2.75, 3.05) is 45.9 Å². The Kier molecular flexibility index (Phi) is 8.38. The number of hydrogen-bond acceptors (Lipinski definition) is 4. The normalized spacial score (nSPS) is 15.2. The van der Waals surface area contributed by atoms with Gasteiger partial charge >= 0.3 is 6.09 Å². The maximum absolute atomic E-state index is 12.3. The lowest BCUT2D eigenvalue weighted by atomic mass is 10.2. The highest BCUT2D eigenvalue weighted by Crippen LogP contribution is 2.15. The molecule has 2 N–H and O–H groups in total. The Hall–Kier alpha value is -1.99. The highest BCUT2D eigenvalue weighted by Gasteiger charge is 2.23.